The van der Waals surface area contributed by atoms with E-state index in [-0.39, 0.29) is 5.41 Å². The largest absolute Gasteiger partial charge is 0.443 e. The molecule has 1 aromatic heterocycles. The quantitative estimate of drug-likeness (QED) is 0.769. The van der Waals surface area contributed by atoms with Crippen molar-refractivity contribution in [2.24, 2.45) is 5.41 Å². The van der Waals surface area contributed by atoms with E-state index in [0.29, 0.717) is 12.8 Å². The molecular weight excluding hydrogens is 228 g/mol. The van der Waals surface area contributed by atoms with Crippen LogP contribution in [0, 0.1) is 17.8 Å². The summed E-state index contributed by atoms with van der Waals surface area (Å²) in [5.74, 6) is 2.73. The SMILES string of the molecule is C#CC(C)(C)CC(C)(CC)OC(=O)n1ccnc1. The Hall–Kier alpha value is -1.76. The second kappa shape index (κ2) is 5.26. The molecule has 0 radical (unpaired) electrons. The van der Waals surface area contributed by atoms with Crippen LogP contribution >= 0.6 is 0 Å². The molecule has 0 N–H and O–H groups in total. The summed E-state index contributed by atoms with van der Waals surface area (Å²) in [4.78, 5) is 15.7. The van der Waals surface area contributed by atoms with E-state index in [4.69, 9.17) is 11.2 Å². The summed E-state index contributed by atoms with van der Waals surface area (Å²) < 4.78 is 6.87. The van der Waals surface area contributed by atoms with E-state index in [1.165, 1.54) is 17.1 Å². The third-order valence-corrected chi connectivity index (χ3v) is 3.00. The Balaban J connectivity index is 2.78. The van der Waals surface area contributed by atoms with Crippen molar-refractivity contribution in [3.05, 3.63) is 18.7 Å². The molecule has 1 rings (SSSR count). The van der Waals surface area contributed by atoms with Crippen LogP contribution in [0.2, 0.25) is 0 Å². The number of carbonyl (C=O) groups is 1. The zero-order valence-corrected chi connectivity index (χ0v) is 11.4. The maximum atomic E-state index is 11.9. The first kappa shape index (κ1) is 14.3. The number of hydrogen-bond donors (Lipinski definition) is 0. The highest BCUT2D eigenvalue weighted by molar-refractivity contribution is 5.70. The lowest BCUT2D eigenvalue weighted by atomic mass is 9.80. The van der Waals surface area contributed by atoms with Crippen molar-refractivity contribution in [1.29, 1.82) is 0 Å². The molecule has 0 aliphatic heterocycles. The van der Waals surface area contributed by atoms with Crippen molar-refractivity contribution >= 4 is 6.09 Å². The molecule has 0 amide bonds. The van der Waals surface area contributed by atoms with Crippen LogP contribution in [-0.2, 0) is 4.74 Å². The minimum Gasteiger partial charge on any atom is -0.443 e. The monoisotopic (exact) mass is 248 g/mol. The van der Waals surface area contributed by atoms with E-state index in [2.05, 4.69) is 10.9 Å². The van der Waals surface area contributed by atoms with Gasteiger partial charge in [0.2, 0.25) is 0 Å². The minimum absolute atomic E-state index is 0.306. The standard InChI is InChI=1S/C14H20N2O2/c1-6-13(3,4)10-14(5,7-2)18-12(17)16-9-8-15-11-16/h1,8-9,11H,7,10H2,2-5H3. The van der Waals surface area contributed by atoms with E-state index in [9.17, 15) is 4.79 Å². The number of hydrogen-bond acceptors (Lipinski definition) is 3. The molecule has 1 aromatic rings. The molecule has 0 saturated heterocycles. The van der Waals surface area contributed by atoms with Crippen LogP contribution in [0.1, 0.15) is 40.5 Å². The van der Waals surface area contributed by atoms with Crippen molar-refractivity contribution in [2.45, 2.75) is 46.1 Å². The third kappa shape index (κ3) is 3.63. The van der Waals surface area contributed by atoms with Gasteiger partial charge in [-0.25, -0.2) is 14.3 Å². The van der Waals surface area contributed by atoms with Gasteiger partial charge in [-0.15, -0.1) is 12.3 Å². The summed E-state index contributed by atoms with van der Waals surface area (Å²) in [6, 6.07) is 0. The smallest absolute Gasteiger partial charge is 0.419 e. The number of nitrogens with zero attached hydrogens (tertiary/aromatic N) is 2. The maximum Gasteiger partial charge on any atom is 0.419 e. The molecule has 98 valence electrons. The third-order valence-electron chi connectivity index (χ3n) is 3.00. The predicted octanol–water partition coefficient (Wildman–Crippen LogP) is 3.09. The Morgan fingerprint density at radius 2 is 2.17 bits per heavy atom. The molecule has 0 fully saturated rings. The fourth-order valence-corrected chi connectivity index (χ4v) is 1.85. The summed E-state index contributed by atoms with van der Waals surface area (Å²) in [5.41, 5.74) is -0.878. The van der Waals surface area contributed by atoms with E-state index in [1.807, 2.05) is 27.7 Å². The molecule has 0 aliphatic rings. The zero-order chi connectivity index (χ0) is 13.8. The van der Waals surface area contributed by atoms with E-state index < -0.39 is 11.7 Å². The van der Waals surface area contributed by atoms with Gasteiger partial charge in [-0.3, -0.25) is 0 Å². The Morgan fingerprint density at radius 3 is 2.61 bits per heavy atom. The molecule has 1 atom stereocenters. The average molecular weight is 248 g/mol. The van der Waals surface area contributed by atoms with Crippen molar-refractivity contribution in [1.82, 2.24) is 9.55 Å². The number of ether oxygens (including phenoxy) is 1. The van der Waals surface area contributed by atoms with Crippen molar-refractivity contribution in [3.63, 3.8) is 0 Å². The number of carbonyl (C=O) groups excluding carboxylic acids is 1. The number of rotatable bonds is 4. The highest BCUT2D eigenvalue weighted by Gasteiger charge is 2.33. The molecule has 1 unspecified atom stereocenters. The number of imidazole rings is 1. The lowest BCUT2D eigenvalue weighted by Crippen LogP contribution is -2.37. The lowest BCUT2D eigenvalue weighted by Gasteiger charge is -2.33. The highest BCUT2D eigenvalue weighted by Crippen LogP contribution is 2.32. The van der Waals surface area contributed by atoms with Crippen LogP contribution < -0.4 is 0 Å². The van der Waals surface area contributed by atoms with Crippen molar-refractivity contribution < 1.29 is 9.53 Å². The maximum absolute atomic E-state index is 11.9. The zero-order valence-electron chi connectivity index (χ0n) is 11.4. The topological polar surface area (TPSA) is 44.1 Å². The molecule has 4 nitrogen and oxygen atoms in total. The Bertz CT molecular complexity index is 443. The number of terminal acetylenes is 1. The van der Waals surface area contributed by atoms with Gasteiger partial charge in [0.25, 0.3) is 0 Å². The second-order valence-corrected chi connectivity index (χ2v) is 5.35. The van der Waals surface area contributed by atoms with Crippen LogP contribution in [0.25, 0.3) is 0 Å². The van der Waals surface area contributed by atoms with Gasteiger partial charge in [-0.2, -0.15) is 0 Å². The van der Waals surface area contributed by atoms with E-state index in [1.54, 1.807) is 6.20 Å². The van der Waals surface area contributed by atoms with Gasteiger partial charge in [0, 0.05) is 24.2 Å². The first-order chi connectivity index (χ1) is 8.32. The van der Waals surface area contributed by atoms with E-state index >= 15 is 0 Å². The second-order valence-electron chi connectivity index (χ2n) is 5.35. The van der Waals surface area contributed by atoms with Crippen LogP contribution in [0.15, 0.2) is 18.7 Å². The van der Waals surface area contributed by atoms with E-state index in [0.717, 1.165) is 0 Å². The van der Waals surface area contributed by atoms with Gasteiger partial charge in [0.05, 0.1) is 0 Å². The summed E-state index contributed by atoms with van der Waals surface area (Å²) in [5, 5.41) is 0. The fourth-order valence-electron chi connectivity index (χ4n) is 1.85. The molecular formula is C14H20N2O2. The first-order valence-corrected chi connectivity index (χ1v) is 6.01. The molecule has 0 spiro atoms. The number of aromatic nitrogens is 2. The molecule has 0 aromatic carbocycles. The molecule has 1 heterocycles. The van der Waals surface area contributed by atoms with Gasteiger partial charge >= 0.3 is 6.09 Å². The normalized spacial score (nSPS) is 14.6. The van der Waals surface area contributed by atoms with Crippen LogP contribution in [0.3, 0.4) is 0 Å². The van der Waals surface area contributed by atoms with Gasteiger partial charge in [0.15, 0.2) is 0 Å². The van der Waals surface area contributed by atoms with Crippen LogP contribution in [-0.4, -0.2) is 21.2 Å². The van der Waals surface area contributed by atoms with Crippen molar-refractivity contribution in [2.75, 3.05) is 0 Å². The average Bonchev–Trinajstić information content (AvgIpc) is 2.81. The first-order valence-electron chi connectivity index (χ1n) is 6.01. The summed E-state index contributed by atoms with van der Waals surface area (Å²) in [6.45, 7) is 7.81. The molecule has 18 heavy (non-hydrogen) atoms. The molecule has 4 heteroatoms. The Labute approximate surface area is 108 Å². The summed E-state index contributed by atoms with van der Waals surface area (Å²) in [7, 11) is 0. The summed E-state index contributed by atoms with van der Waals surface area (Å²) >= 11 is 0. The van der Waals surface area contributed by atoms with Crippen LogP contribution in [0.4, 0.5) is 4.79 Å². The van der Waals surface area contributed by atoms with Gasteiger partial charge in [0.1, 0.15) is 11.9 Å². The Morgan fingerprint density at radius 1 is 1.50 bits per heavy atom. The van der Waals surface area contributed by atoms with Gasteiger partial charge in [-0.05, 0) is 27.2 Å². The van der Waals surface area contributed by atoms with Crippen LogP contribution in [0.5, 0.6) is 0 Å². The van der Waals surface area contributed by atoms with Gasteiger partial charge < -0.3 is 4.74 Å². The summed E-state index contributed by atoms with van der Waals surface area (Å²) in [6.07, 6.45) is 10.9. The van der Waals surface area contributed by atoms with Crippen molar-refractivity contribution in [3.8, 4) is 12.3 Å². The minimum atomic E-state index is -0.572. The molecule has 0 saturated carbocycles. The molecule has 0 aliphatic carbocycles. The highest BCUT2D eigenvalue weighted by atomic mass is 16.6. The predicted molar refractivity (Wildman–Crippen MR) is 70.0 cm³/mol. The lowest BCUT2D eigenvalue weighted by molar-refractivity contribution is -0.000207. The van der Waals surface area contributed by atoms with Gasteiger partial charge in [-0.1, -0.05) is 6.92 Å². The Kier molecular flexibility index (Phi) is 4.18. The fraction of sp³-hybridized carbons (Fsp3) is 0.571. The molecule has 0 bridgehead atoms.